The number of carbonyl (C=O) groups is 1. The van der Waals surface area contributed by atoms with Crippen molar-refractivity contribution in [3.05, 3.63) is 54.4 Å². The van der Waals surface area contributed by atoms with Crippen molar-refractivity contribution in [2.24, 2.45) is 5.73 Å². The van der Waals surface area contributed by atoms with Gasteiger partial charge in [-0.25, -0.2) is 4.98 Å². The van der Waals surface area contributed by atoms with Gasteiger partial charge in [-0.1, -0.05) is 18.2 Å². The smallest absolute Gasteiger partial charge is 0.237 e. The highest BCUT2D eigenvalue weighted by Gasteiger charge is 2.25. The van der Waals surface area contributed by atoms with Gasteiger partial charge in [-0.15, -0.1) is 0 Å². The van der Waals surface area contributed by atoms with Crippen LogP contribution in [0.4, 0.5) is 0 Å². The number of nitrogens with one attached hydrogen (secondary N) is 1. The Balaban J connectivity index is 1.90. The monoisotopic (exact) mass is 396 g/mol. The lowest BCUT2D eigenvalue weighted by molar-refractivity contribution is -0.123. The van der Waals surface area contributed by atoms with Crippen LogP contribution in [-0.2, 0) is 22.6 Å². The zero-order valence-corrected chi connectivity index (χ0v) is 17.1. The van der Waals surface area contributed by atoms with E-state index in [4.69, 9.17) is 20.2 Å². The van der Waals surface area contributed by atoms with Gasteiger partial charge in [0.05, 0.1) is 29.7 Å². The maximum atomic E-state index is 11.6. The van der Waals surface area contributed by atoms with Gasteiger partial charge in [0.2, 0.25) is 5.91 Å². The van der Waals surface area contributed by atoms with E-state index in [2.05, 4.69) is 9.88 Å². The summed E-state index contributed by atoms with van der Waals surface area (Å²) in [5, 5.41) is 3.19. The lowest BCUT2D eigenvalue weighted by Crippen LogP contribution is -2.50. The topological polar surface area (TPSA) is 91.4 Å². The van der Waals surface area contributed by atoms with Gasteiger partial charge in [0.1, 0.15) is 17.3 Å². The third kappa shape index (κ3) is 5.13. The number of imidazole rings is 1. The first kappa shape index (κ1) is 20.8. The number of amides is 1. The number of aromatic nitrogens is 2. The molecule has 154 valence electrons. The summed E-state index contributed by atoms with van der Waals surface area (Å²) in [6.07, 6.45) is 0. The SMILES string of the molecule is CCOCCn1c(CNC(C)(C)C(N)=O)nc2ccc(Oc3ccccc3)cc21. The number of primary amides is 1. The Kier molecular flexibility index (Phi) is 6.51. The second kappa shape index (κ2) is 9.07. The molecule has 0 unspecified atom stereocenters. The van der Waals surface area contributed by atoms with Crippen molar-refractivity contribution in [3.8, 4) is 11.5 Å². The van der Waals surface area contributed by atoms with E-state index in [9.17, 15) is 4.79 Å². The molecule has 0 atom stereocenters. The van der Waals surface area contributed by atoms with Crippen molar-refractivity contribution >= 4 is 16.9 Å². The number of carbonyl (C=O) groups excluding carboxylic acids is 1. The molecule has 0 saturated carbocycles. The largest absolute Gasteiger partial charge is 0.457 e. The number of nitrogens with zero attached hydrogens (tertiary/aromatic N) is 2. The molecule has 1 aromatic heterocycles. The van der Waals surface area contributed by atoms with E-state index in [1.807, 2.05) is 55.5 Å². The molecule has 0 bridgehead atoms. The number of fused-ring (bicyclic) bond motifs is 1. The summed E-state index contributed by atoms with van der Waals surface area (Å²) in [6, 6.07) is 15.5. The average molecular weight is 396 g/mol. The molecule has 3 rings (SSSR count). The molecule has 0 fully saturated rings. The van der Waals surface area contributed by atoms with Crippen LogP contribution in [-0.4, -0.2) is 34.2 Å². The zero-order chi connectivity index (χ0) is 20.9. The molecule has 3 N–H and O–H groups in total. The van der Waals surface area contributed by atoms with Crippen LogP contribution >= 0.6 is 0 Å². The van der Waals surface area contributed by atoms with Crippen LogP contribution in [0, 0.1) is 0 Å². The minimum atomic E-state index is -0.829. The van der Waals surface area contributed by atoms with Crippen molar-refractivity contribution < 1.29 is 14.3 Å². The van der Waals surface area contributed by atoms with E-state index in [-0.39, 0.29) is 0 Å². The normalized spacial score (nSPS) is 11.7. The third-order valence-electron chi connectivity index (χ3n) is 4.75. The predicted octanol–water partition coefficient (Wildman–Crippen LogP) is 3.22. The van der Waals surface area contributed by atoms with Gasteiger partial charge in [0.25, 0.3) is 0 Å². The third-order valence-corrected chi connectivity index (χ3v) is 4.75. The standard InChI is InChI=1S/C22H28N4O3/c1-4-28-13-12-26-19-14-17(29-16-8-6-5-7-9-16)10-11-18(19)25-20(26)15-24-22(2,3)21(23)27/h5-11,14,24H,4,12-13,15H2,1-3H3,(H2,23,27). The van der Waals surface area contributed by atoms with E-state index < -0.39 is 11.4 Å². The highest BCUT2D eigenvalue weighted by molar-refractivity contribution is 5.83. The van der Waals surface area contributed by atoms with E-state index in [0.717, 1.165) is 28.4 Å². The van der Waals surface area contributed by atoms with Gasteiger partial charge in [-0.05, 0) is 45.0 Å². The van der Waals surface area contributed by atoms with Crippen molar-refractivity contribution in [2.75, 3.05) is 13.2 Å². The highest BCUT2D eigenvalue weighted by atomic mass is 16.5. The first-order valence-electron chi connectivity index (χ1n) is 9.75. The van der Waals surface area contributed by atoms with Gasteiger partial charge >= 0.3 is 0 Å². The lowest BCUT2D eigenvalue weighted by atomic mass is 10.1. The Morgan fingerprint density at radius 1 is 1.17 bits per heavy atom. The molecular formula is C22H28N4O3. The fourth-order valence-electron chi connectivity index (χ4n) is 2.91. The Labute approximate surface area is 170 Å². The molecule has 2 aromatic carbocycles. The van der Waals surface area contributed by atoms with Gasteiger partial charge in [-0.3, -0.25) is 10.1 Å². The molecular weight excluding hydrogens is 368 g/mol. The van der Waals surface area contributed by atoms with Crippen LogP contribution in [0.2, 0.25) is 0 Å². The molecule has 1 heterocycles. The molecule has 29 heavy (non-hydrogen) atoms. The summed E-state index contributed by atoms with van der Waals surface area (Å²) in [5.74, 6) is 1.91. The van der Waals surface area contributed by atoms with Gasteiger partial charge in [0, 0.05) is 19.2 Å². The fraction of sp³-hybridized carbons (Fsp3) is 0.364. The minimum Gasteiger partial charge on any atom is -0.457 e. The summed E-state index contributed by atoms with van der Waals surface area (Å²) in [5.41, 5.74) is 6.45. The summed E-state index contributed by atoms with van der Waals surface area (Å²) < 4.78 is 13.6. The van der Waals surface area contributed by atoms with Crippen LogP contribution < -0.4 is 15.8 Å². The first-order chi connectivity index (χ1) is 13.9. The molecule has 0 aliphatic rings. The first-order valence-corrected chi connectivity index (χ1v) is 9.75. The van der Waals surface area contributed by atoms with Crippen molar-refractivity contribution in [2.45, 2.75) is 39.4 Å². The number of benzene rings is 2. The van der Waals surface area contributed by atoms with E-state index >= 15 is 0 Å². The van der Waals surface area contributed by atoms with E-state index in [1.54, 1.807) is 13.8 Å². The fourth-order valence-corrected chi connectivity index (χ4v) is 2.91. The lowest BCUT2D eigenvalue weighted by Gasteiger charge is -2.22. The predicted molar refractivity (Wildman–Crippen MR) is 113 cm³/mol. The maximum absolute atomic E-state index is 11.6. The van der Waals surface area contributed by atoms with Crippen molar-refractivity contribution in [3.63, 3.8) is 0 Å². The second-order valence-corrected chi connectivity index (χ2v) is 7.29. The Hall–Kier alpha value is -2.90. The Bertz CT molecular complexity index is 967. The second-order valence-electron chi connectivity index (χ2n) is 7.29. The number of hydrogen-bond donors (Lipinski definition) is 2. The number of para-hydroxylation sites is 1. The number of nitrogens with two attached hydrogens (primary N) is 1. The van der Waals surface area contributed by atoms with E-state index in [1.165, 1.54) is 0 Å². The Morgan fingerprint density at radius 2 is 1.93 bits per heavy atom. The maximum Gasteiger partial charge on any atom is 0.237 e. The molecule has 0 aliphatic carbocycles. The zero-order valence-electron chi connectivity index (χ0n) is 17.1. The molecule has 7 heteroatoms. The van der Waals surface area contributed by atoms with Crippen molar-refractivity contribution in [1.29, 1.82) is 0 Å². The number of rotatable bonds is 10. The molecule has 7 nitrogen and oxygen atoms in total. The average Bonchev–Trinajstić information content (AvgIpc) is 3.04. The van der Waals surface area contributed by atoms with Gasteiger partial charge < -0.3 is 19.8 Å². The van der Waals surface area contributed by atoms with Crippen LogP contribution in [0.3, 0.4) is 0 Å². The quantitative estimate of drug-likeness (QED) is 0.514. The number of hydrogen-bond acceptors (Lipinski definition) is 5. The van der Waals surface area contributed by atoms with Crippen molar-refractivity contribution in [1.82, 2.24) is 14.9 Å². The Morgan fingerprint density at radius 3 is 2.62 bits per heavy atom. The summed E-state index contributed by atoms with van der Waals surface area (Å²) >= 11 is 0. The molecule has 0 aliphatic heterocycles. The summed E-state index contributed by atoms with van der Waals surface area (Å²) in [4.78, 5) is 16.4. The molecule has 0 saturated heterocycles. The molecule has 0 radical (unpaired) electrons. The van der Waals surface area contributed by atoms with Crippen LogP contribution in [0.15, 0.2) is 48.5 Å². The minimum absolute atomic E-state index is 0.408. The van der Waals surface area contributed by atoms with E-state index in [0.29, 0.717) is 26.3 Å². The van der Waals surface area contributed by atoms with Crippen LogP contribution in [0.25, 0.3) is 11.0 Å². The number of ether oxygens (including phenoxy) is 2. The highest BCUT2D eigenvalue weighted by Crippen LogP contribution is 2.26. The summed E-state index contributed by atoms with van der Waals surface area (Å²) in [6.45, 7) is 7.76. The molecule has 0 spiro atoms. The van der Waals surface area contributed by atoms with Gasteiger partial charge in [-0.2, -0.15) is 0 Å². The van der Waals surface area contributed by atoms with Crippen LogP contribution in [0.5, 0.6) is 11.5 Å². The molecule has 3 aromatic rings. The van der Waals surface area contributed by atoms with Crippen LogP contribution in [0.1, 0.15) is 26.6 Å². The van der Waals surface area contributed by atoms with Gasteiger partial charge in [0.15, 0.2) is 0 Å². The summed E-state index contributed by atoms with van der Waals surface area (Å²) in [7, 11) is 0. The molecule has 1 amide bonds.